The van der Waals surface area contributed by atoms with Gasteiger partial charge >= 0.3 is 0 Å². The van der Waals surface area contributed by atoms with Crippen LogP contribution >= 0.6 is 0 Å². The summed E-state index contributed by atoms with van der Waals surface area (Å²) in [7, 11) is 0. The molecule has 0 bridgehead atoms. The third kappa shape index (κ3) is 5.47. The zero-order valence-corrected chi connectivity index (χ0v) is 10.8. The standard InChI is InChI=1S/C14H28/c1-6-8-9-11-13(5)14(10-7-2)12(3)4/h12H,6-11H2,1-5H3. The van der Waals surface area contributed by atoms with E-state index in [1.807, 2.05) is 0 Å². The van der Waals surface area contributed by atoms with Crippen LogP contribution in [0.25, 0.3) is 0 Å². The molecule has 0 unspecified atom stereocenters. The van der Waals surface area contributed by atoms with Gasteiger partial charge in [-0.05, 0) is 32.1 Å². The van der Waals surface area contributed by atoms with Gasteiger partial charge in [-0.3, -0.25) is 0 Å². The van der Waals surface area contributed by atoms with Crippen molar-refractivity contribution in [1.29, 1.82) is 0 Å². The minimum absolute atomic E-state index is 0.747. The molecule has 0 radical (unpaired) electrons. The van der Waals surface area contributed by atoms with E-state index in [9.17, 15) is 0 Å². The molecule has 0 saturated heterocycles. The number of unbranched alkanes of at least 4 members (excludes halogenated alkanes) is 2. The van der Waals surface area contributed by atoms with Crippen LogP contribution in [0.5, 0.6) is 0 Å². The van der Waals surface area contributed by atoms with Crippen molar-refractivity contribution in [2.45, 2.75) is 73.1 Å². The zero-order valence-electron chi connectivity index (χ0n) is 10.8. The van der Waals surface area contributed by atoms with Gasteiger partial charge in [-0.25, -0.2) is 0 Å². The number of rotatable bonds is 7. The molecule has 0 N–H and O–H groups in total. The molecule has 0 heterocycles. The van der Waals surface area contributed by atoms with Crippen molar-refractivity contribution in [3.8, 4) is 0 Å². The van der Waals surface area contributed by atoms with Gasteiger partial charge in [-0.1, -0.05) is 58.1 Å². The predicted octanol–water partition coefficient (Wildman–Crippen LogP) is 5.34. The second kappa shape index (κ2) is 8.08. The van der Waals surface area contributed by atoms with Gasteiger partial charge in [0.2, 0.25) is 0 Å². The molecule has 0 spiro atoms. The largest absolute Gasteiger partial charge is 0.0739 e. The highest BCUT2D eigenvalue weighted by atomic mass is 14.1. The summed E-state index contributed by atoms with van der Waals surface area (Å²) in [6.45, 7) is 11.5. The summed E-state index contributed by atoms with van der Waals surface area (Å²) in [6, 6.07) is 0. The molecule has 0 fully saturated rings. The van der Waals surface area contributed by atoms with Gasteiger partial charge in [0.25, 0.3) is 0 Å². The molecule has 14 heavy (non-hydrogen) atoms. The van der Waals surface area contributed by atoms with E-state index in [1.165, 1.54) is 38.5 Å². The maximum Gasteiger partial charge on any atom is -0.0258 e. The van der Waals surface area contributed by atoms with E-state index in [0.29, 0.717) is 0 Å². The zero-order chi connectivity index (χ0) is 11.0. The van der Waals surface area contributed by atoms with Crippen molar-refractivity contribution >= 4 is 0 Å². The fraction of sp³-hybridized carbons (Fsp3) is 0.857. The topological polar surface area (TPSA) is 0 Å². The summed E-state index contributed by atoms with van der Waals surface area (Å²) in [5.41, 5.74) is 3.37. The summed E-state index contributed by atoms with van der Waals surface area (Å²) in [4.78, 5) is 0. The SMILES string of the molecule is CCCCCC(C)=C(CCC)C(C)C. The summed E-state index contributed by atoms with van der Waals surface area (Å²) in [6.07, 6.45) is 8.00. The second-order valence-corrected chi connectivity index (χ2v) is 4.67. The first kappa shape index (κ1) is 13.7. The Morgan fingerprint density at radius 3 is 2.00 bits per heavy atom. The quantitative estimate of drug-likeness (QED) is 0.381. The van der Waals surface area contributed by atoms with Gasteiger partial charge in [-0.15, -0.1) is 0 Å². The molecule has 0 saturated carbocycles. The van der Waals surface area contributed by atoms with Crippen LogP contribution in [0.3, 0.4) is 0 Å². The fourth-order valence-electron chi connectivity index (χ4n) is 2.06. The van der Waals surface area contributed by atoms with Gasteiger partial charge < -0.3 is 0 Å². The van der Waals surface area contributed by atoms with Crippen molar-refractivity contribution in [3.63, 3.8) is 0 Å². The summed E-state index contributed by atoms with van der Waals surface area (Å²) in [5.74, 6) is 0.747. The predicted molar refractivity (Wildman–Crippen MR) is 66.6 cm³/mol. The highest BCUT2D eigenvalue weighted by Gasteiger charge is 2.06. The number of hydrogen-bond acceptors (Lipinski definition) is 0. The molecule has 0 rings (SSSR count). The highest BCUT2D eigenvalue weighted by Crippen LogP contribution is 2.23. The van der Waals surface area contributed by atoms with Crippen molar-refractivity contribution in [3.05, 3.63) is 11.1 Å². The van der Waals surface area contributed by atoms with Crippen molar-refractivity contribution in [2.24, 2.45) is 5.92 Å². The molecule has 84 valence electrons. The van der Waals surface area contributed by atoms with Crippen LogP contribution in [0.15, 0.2) is 11.1 Å². The van der Waals surface area contributed by atoms with Crippen molar-refractivity contribution < 1.29 is 0 Å². The van der Waals surface area contributed by atoms with Crippen LogP contribution in [0.1, 0.15) is 73.1 Å². The minimum atomic E-state index is 0.747. The molecule has 0 heteroatoms. The maximum atomic E-state index is 2.33. The number of allylic oxidation sites excluding steroid dienone is 2. The first-order chi connectivity index (χ1) is 6.63. The van der Waals surface area contributed by atoms with Crippen LogP contribution in [0.2, 0.25) is 0 Å². The molecule has 0 amide bonds. The Kier molecular flexibility index (Phi) is 7.93. The van der Waals surface area contributed by atoms with Gasteiger partial charge in [0.05, 0.1) is 0 Å². The van der Waals surface area contributed by atoms with E-state index in [0.717, 1.165) is 5.92 Å². The van der Waals surface area contributed by atoms with Crippen LogP contribution in [-0.2, 0) is 0 Å². The molecule has 0 aromatic rings. The van der Waals surface area contributed by atoms with E-state index in [-0.39, 0.29) is 0 Å². The first-order valence-corrected chi connectivity index (χ1v) is 6.31. The van der Waals surface area contributed by atoms with Gasteiger partial charge in [0.15, 0.2) is 0 Å². The molecular formula is C14H28. The molecule has 0 aliphatic carbocycles. The molecule has 0 aliphatic rings. The van der Waals surface area contributed by atoms with E-state index in [2.05, 4.69) is 34.6 Å². The first-order valence-electron chi connectivity index (χ1n) is 6.31. The van der Waals surface area contributed by atoms with Crippen LogP contribution in [0, 0.1) is 5.92 Å². The highest BCUT2D eigenvalue weighted by molar-refractivity contribution is 5.14. The Morgan fingerprint density at radius 2 is 1.57 bits per heavy atom. The maximum absolute atomic E-state index is 2.33. The molecule has 0 atom stereocenters. The summed E-state index contributed by atoms with van der Waals surface area (Å²) in [5, 5.41) is 0. The lowest BCUT2D eigenvalue weighted by molar-refractivity contribution is 0.656. The van der Waals surface area contributed by atoms with Gasteiger partial charge in [-0.2, -0.15) is 0 Å². The van der Waals surface area contributed by atoms with Crippen LogP contribution in [-0.4, -0.2) is 0 Å². The molecular weight excluding hydrogens is 168 g/mol. The summed E-state index contributed by atoms with van der Waals surface area (Å²) >= 11 is 0. The molecule has 0 nitrogen and oxygen atoms in total. The Morgan fingerprint density at radius 1 is 0.929 bits per heavy atom. The Balaban J connectivity index is 4.16. The van der Waals surface area contributed by atoms with E-state index < -0.39 is 0 Å². The lowest BCUT2D eigenvalue weighted by Gasteiger charge is -2.15. The smallest absolute Gasteiger partial charge is 0.0258 e. The molecule has 0 aliphatic heterocycles. The van der Waals surface area contributed by atoms with Crippen molar-refractivity contribution in [1.82, 2.24) is 0 Å². The number of hydrogen-bond donors (Lipinski definition) is 0. The van der Waals surface area contributed by atoms with Crippen LogP contribution in [0.4, 0.5) is 0 Å². The van der Waals surface area contributed by atoms with E-state index in [1.54, 1.807) is 11.1 Å². The normalized spacial score (nSPS) is 13.3. The van der Waals surface area contributed by atoms with E-state index in [4.69, 9.17) is 0 Å². The monoisotopic (exact) mass is 196 g/mol. The summed E-state index contributed by atoms with van der Waals surface area (Å²) < 4.78 is 0. The lowest BCUT2D eigenvalue weighted by Crippen LogP contribution is -1.98. The Hall–Kier alpha value is -0.260. The molecule has 0 aromatic carbocycles. The molecule has 0 aromatic heterocycles. The fourth-order valence-corrected chi connectivity index (χ4v) is 2.06. The Bertz CT molecular complexity index is 163. The third-order valence-corrected chi connectivity index (χ3v) is 2.92. The third-order valence-electron chi connectivity index (χ3n) is 2.92. The van der Waals surface area contributed by atoms with Gasteiger partial charge in [0.1, 0.15) is 0 Å². The lowest BCUT2D eigenvalue weighted by atomic mass is 9.91. The average Bonchev–Trinajstić information content (AvgIpc) is 2.13. The van der Waals surface area contributed by atoms with Crippen molar-refractivity contribution in [2.75, 3.05) is 0 Å². The average molecular weight is 196 g/mol. The Labute approximate surface area is 90.8 Å². The van der Waals surface area contributed by atoms with Crippen LogP contribution < -0.4 is 0 Å². The van der Waals surface area contributed by atoms with Gasteiger partial charge in [0, 0.05) is 0 Å². The second-order valence-electron chi connectivity index (χ2n) is 4.67. The minimum Gasteiger partial charge on any atom is -0.0739 e. The van der Waals surface area contributed by atoms with E-state index >= 15 is 0 Å².